The van der Waals surface area contributed by atoms with Crippen LogP contribution in [0.4, 0.5) is 0 Å². The van der Waals surface area contributed by atoms with Crippen LogP contribution in [-0.2, 0) is 16.1 Å². The van der Waals surface area contributed by atoms with Gasteiger partial charge in [-0.25, -0.2) is 0 Å². The van der Waals surface area contributed by atoms with Crippen molar-refractivity contribution in [1.82, 2.24) is 15.1 Å². The summed E-state index contributed by atoms with van der Waals surface area (Å²) in [5.41, 5.74) is 2.48. The monoisotopic (exact) mass is 349 g/mol. The molecule has 0 radical (unpaired) electrons. The van der Waals surface area contributed by atoms with Gasteiger partial charge in [-0.2, -0.15) is 0 Å². The van der Waals surface area contributed by atoms with Crippen molar-refractivity contribution in [2.45, 2.75) is 19.9 Å². The molecular formula is C19H31N3O3. The topological polar surface area (TPSA) is 54.0 Å². The van der Waals surface area contributed by atoms with Crippen molar-refractivity contribution in [3.8, 4) is 5.75 Å². The first-order valence-electron chi connectivity index (χ1n) is 8.96. The number of hydrogen-bond acceptors (Lipinski definition) is 5. The molecule has 140 valence electrons. The van der Waals surface area contributed by atoms with Crippen LogP contribution < -0.4 is 10.1 Å². The molecule has 6 heteroatoms. The molecule has 1 aliphatic heterocycles. The Morgan fingerprint density at radius 2 is 1.88 bits per heavy atom. The molecule has 1 aromatic carbocycles. The molecule has 1 heterocycles. The normalized spacial score (nSPS) is 16.0. The molecule has 2 rings (SSSR count). The molecule has 6 nitrogen and oxygen atoms in total. The SMILES string of the molecule is COCCCNC(=O)CN1CCN(Cc2cc(C)ccc2OC)CC1. The highest BCUT2D eigenvalue weighted by Crippen LogP contribution is 2.21. The van der Waals surface area contributed by atoms with Crippen molar-refractivity contribution < 1.29 is 14.3 Å². The Labute approximate surface area is 151 Å². The van der Waals surface area contributed by atoms with Crippen LogP contribution in [0, 0.1) is 6.92 Å². The molecule has 0 unspecified atom stereocenters. The summed E-state index contributed by atoms with van der Waals surface area (Å²) in [6.07, 6.45) is 0.855. The molecule has 1 amide bonds. The lowest BCUT2D eigenvalue weighted by Gasteiger charge is -2.34. The van der Waals surface area contributed by atoms with Gasteiger partial charge in [0, 0.05) is 58.5 Å². The van der Waals surface area contributed by atoms with E-state index in [0.29, 0.717) is 19.7 Å². The van der Waals surface area contributed by atoms with E-state index in [0.717, 1.165) is 44.9 Å². The molecule has 1 saturated heterocycles. The van der Waals surface area contributed by atoms with E-state index in [-0.39, 0.29) is 5.91 Å². The number of hydrogen-bond donors (Lipinski definition) is 1. The van der Waals surface area contributed by atoms with Gasteiger partial charge < -0.3 is 14.8 Å². The Bertz CT molecular complexity index is 543. The summed E-state index contributed by atoms with van der Waals surface area (Å²) in [7, 11) is 3.39. The average Bonchev–Trinajstić information content (AvgIpc) is 2.61. The van der Waals surface area contributed by atoms with E-state index in [1.165, 1.54) is 11.1 Å². The molecule has 0 spiro atoms. The van der Waals surface area contributed by atoms with E-state index < -0.39 is 0 Å². The maximum atomic E-state index is 11.9. The molecule has 1 N–H and O–H groups in total. The maximum absolute atomic E-state index is 11.9. The van der Waals surface area contributed by atoms with Crippen molar-refractivity contribution in [3.63, 3.8) is 0 Å². The van der Waals surface area contributed by atoms with E-state index in [1.54, 1.807) is 14.2 Å². The van der Waals surface area contributed by atoms with Gasteiger partial charge in [-0.1, -0.05) is 17.7 Å². The van der Waals surface area contributed by atoms with Crippen LogP contribution >= 0.6 is 0 Å². The number of nitrogens with one attached hydrogen (secondary N) is 1. The Balaban J connectivity index is 1.73. The Hall–Kier alpha value is -1.63. The summed E-state index contributed by atoms with van der Waals surface area (Å²) in [6, 6.07) is 6.30. The maximum Gasteiger partial charge on any atom is 0.234 e. The van der Waals surface area contributed by atoms with Crippen molar-refractivity contribution in [2.75, 3.05) is 60.1 Å². The van der Waals surface area contributed by atoms with Crippen LogP contribution in [0.3, 0.4) is 0 Å². The molecule has 25 heavy (non-hydrogen) atoms. The highest BCUT2D eigenvalue weighted by atomic mass is 16.5. The second-order valence-corrected chi connectivity index (χ2v) is 6.56. The predicted molar refractivity (Wildman–Crippen MR) is 99.0 cm³/mol. The van der Waals surface area contributed by atoms with Crippen LogP contribution in [0.15, 0.2) is 18.2 Å². The van der Waals surface area contributed by atoms with Crippen LogP contribution in [0.2, 0.25) is 0 Å². The Morgan fingerprint density at radius 3 is 2.56 bits per heavy atom. The Morgan fingerprint density at radius 1 is 1.16 bits per heavy atom. The van der Waals surface area contributed by atoms with Gasteiger partial charge in [-0.3, -0.25) is 14.6 Å². The van der Waals surface area contributed by atoms with E-state index >= 15 is 0 Å². The fraction of sp³-hybridized carbons (Fsp3) is 0.632. The lowest BCUT2D eigenvalue weighted by molar-refractivity contribution is -0.122. The Kier molecular flexibility index (Phi) is 8.18. The van der Waals surface area contributed by atoms with Crippen LogP contribution in [0.25, 0.3) is 0 Å². The summed E-state index contributed by atoms with van der Waals surface area (Å²) >= 11 is 0. The minimum atomic E-state index is 0.102. The quantitative estimate of drug-likeness (QED) is 0.681. The van der Waals surface area contributed by atoms with E-state index in [1.807, 2.05) is 6.07 Å². The molecule has 1 aromatic rings. The van der Waals surface area contributed by atoms with Crippen LogP contribution in [0.1, 0.15) is 17.5 Å². The molecule has 0 aromatic heterocycles. The molecule has 0 saturated carbocycles. The number of piperazine rings is 1. The van der Waals surface area contributed by atoms with Gasteiger partial charge in [-0.15, -0.1) is 0 Å². The number of ether oxygens (including phenoxy) is 2. The zero-order chi connectivity index (χ0) is 18.1. The lowest BCUT2D eigenvalue weighted by Crippen LogP contribution is -2.49. The second-order valence-electron chi connectivity index (χ2n) is 6.56. The van der Waals surface area contributed by atoms with E-state index in [4.69, 9.17) is 9.47 Å². The molecular weight excluding hydrogens is 318 g/mol. The third-order valence-electron chi connectivity index (χ3n) is 4.51. The first-order chi connectivity index (χ1) is 12.1. The van der Waals surface area contributed by atoms with Gasteiger partial charge in [0.15, 0.2) is 0 Å². The third kappa shape index (κ3) is 6.65. The van der Waals surface area contributed by atoms with Crippen LogP contribution in [-0.4, -0.2) is 75.8 Å². The smallest absolute Gasteiger partial charge is 0.234 e. The second kappa shape index (κ2) is 10.4. The van der Waals surface area contributed by atoms with Gasteiger partial charge in [0.05, 0.1) is 13.7 Å². The number of methoxy groups -OCH3 is 2. The van der Waals surface area contributed by atoms with Crippen LogP contribution in [0.5, 0.6) is 5.75 Å². The number of carbonyl (C=O) groups is 1. The highest BCUT2D eigenvalue weighted by molar-refractivity contribution is 5.77. The van der Waals surface area contributed by atoms with Crippen molar-refractivity contribution in [2.24, 2.45) is 0 Å². The molecule has 0 bridgehead atoms. The first kappa shape index (κ1) is 19.7. The highest BCUT2D eigenvalue weighted by Gasteiger charge is 2.19. The standard InChI is InChI=1S/C19H31N3O3/c1-16-5-6-18(25-3)17(13-16)14-21-8-10-22(11-9-21)15-19(23)20-7-4-12-24-2/h5-6,13H,4,7-12,14-15H2,1-3H3,(H,20,23). The van der Waals surface area contributed by atoms with E-state index in [2.05, 4.69) is 34.2 Å². The zero-order valence-corrected chi connectivity index (χ0v) is 15.7. The fourth-order valence-electron chi connectivity index (χ4n) is 3.08. The summed E-state index contributed by atoms with van der Waals surface area (Å²) < 4.78 is 10.5. The molecule has 1 fully saturated rings. The zero-order valence-electron chi connectivity index (χ0n) is 15.7. The number of amides is 1. The summed E-state index contributed by atoms with van der Waals surface area (Å²) in [5.74, 6) is 1.05. The fourth-order valence-corrected chi connectivity index (χ4v) is 3.08. The third-order valence-corrected chi connectivity index (χ3v) is 4.51. The van der Waals surface area contributed by atoms with Gasteiger partial charge in [-0.05, 0) is 19.4 Å². The van der Waals surface area contributed by atoms with Crippen molar-refractivity contribution >= 4 is 5.91 Å². The molecule has 1 aliphatic rings. The van der Waals surface area contributed by atoms with Gasteiger partial charge in [0.25, 0.3) is 0 Å². The number of benzene rings is 1. The minimum absolute atomic E-state index is 0.102. The molecule has 0 atom stereocenters. The number of carbonyl (C=O) groups excluding carboxylic acids is 1. The predicted octanol–water partition coefficient (Wildman–Crippen LogP) is 1.27. The largest absolute Gasteiger partial charge is 0.496 e. The van der Waals surface area contributed by atoms with Crippen molar-refractivity contribution in [1.29, 1.82) is 0 Å². The number of aryl methyl sites for hydroxylation is 1. The summed E-state index contributed by atoms with van der Waals surface area (Å²) in [4.78, 5) is 16.6. The minimum Gasteiger partial charge on any atom is -0.496 e. The number of nitrogens with zero attached hydrogens (tertiary/aromatic N) is 2. The molecule has 0 aliphatic carbocycles. The van der Waals surface area contributed by atoms with E-state index in [9.17, 15) is 4.79 Å². The van der Waals surface area contributed by atoms with Gasteiger partial charge in [0.2, 0.25) is 5.91 Å². The van der Waals surface area contributed by atoms with Gasteiger partial charge >= 0.3 is 0 Å². The summed E-state index contributed by atoms with van der Waals surface area (Å²) in [6.45, 7) is 8.60. The average molecular weight is 349 g/mol. The summed E-state index contributed by atoms with van der Waals surface area (Å²) in [5, 5.41) is 2.95. The first-order valence-corrected chi connectivity index (χ1v) is 8.96. The lowest BCUT2D eigenvalue weighted by atomic mass is 10.1. The number of rotatable bonds is 9. The van der Waals surface area contributed by atoms with Gasteiger partial charge in [0.1, 0.15) is 5.75 Å². The van der Waals surface area contributed by atoms with Crippen molar-refractivity contribution in [3.05, 3.63) is 29.3 Å².